The third-order valence-electron chi connectivity index (χ3n) is 3.26. The van der Waals surface area contributed by atoms with E-state index in [0.29, 0.717) is 23.2 Å². The molecule has 2 rings (SSSR count). The first-order valence-corrected chi connectivity index (χ1v) is 10.1. The Morgan fingerprint density at radius 1 is 1.33 bits per heavy atom. The van der Waals surface area contributed by atoms with Gasteiger partial charge in [-0.1, -0.05) is 12.1 Å². The quantitative estimate of drug-likeness (QED) is 0.812. The second-order valence-corrected chi connectivity index (χ2v) is 8.79. The number of anilines is 1. The minimum absolute atomic E-state index is 0.361. The van der Waals surface area contributed by atoms with Gasteiger partial charge in [0, 0.05) is 10.9 Å². The first-order chi connectivity index (χ1) is 11.3. The lowest BCUT2D eigenvalue weighted by atomic mass is 10.1. The summed E-state index contributed by atoms with van der Waals surface area (Å²) in [6.07, 6.45) is 0. The van der Waals surface area contributed by atoms with Gasteiger partial charge in [0.15, 0.2) is 15.0 Å². The zero-order chi connectivity index (χ0) is 17.7. The second-order valence-electron chi connectivity index (χ2n) is 5.37. The van der Waals surface area contributed by atoms with Gasteiger partial charge in [0.2, 0.25) is 5.91 Å². The van der Waals surface area contributed by atoms with Crippen LogP contribution in [0.5, 0.6) is 5.75 Å². The van der Waals surface area contributed by atoms with Gasteiger partial charge in [-0.25, -0.2) is 13.4 Å². The van der Waals surface area contributed by atoms with Crippen molar-refractivity contribution in [2.24, 2.45) is 0 Å². The maximum atomic E-state index is 11.9. The van der Waals surface area contributed by atoms with Crippen LogP contribution >= 0.6 is 11.3 Å². The van der Waals surface area contributed by atoms with Gasteiger partial charge >= 0.3 is 0 Å². The first kappa shape index (κ1) is 18.4. The van der Waals surface area contributed by atoms with Crippen molar-refractivity contribution < 1.29 is 17.9 Å². The molecule has 0 atom stereocenters. The lowest BCUT2D eigenvalue weighted by Crippen LogP contribution is -2.27. The van der Waals surface area contributed by atoms with Crippen LogP contribution in [0.3, 0.4) is 0 Å². The average Bonchev–Trinajstić information content (AvgIpc) is 2.95. The molecule has 0 unspecified atom stereocenters. The number of sulfone groups is 1. The van der Waals surface area contributed by atoms with E-state index in [9.17, 15) is 13.2 Å². The number of aromatic nitrogens is 1. The molecule has 1 N–H and O–H groups in total. The Bertz CT molecular complexity index is 813. The number of hydrogen-bond acceptors (Lipinski definition) is 6. The van der Waals surface area contributed by atoms with Gasteiger partial charge in [0.1, 0.15) is 11.5 Å². The molecule has 1 aromatic heterocycles. The summed E-state index contributed by atoms with van der Waals surface area (Å²) in [6.45, 7) is 5.54. The van der Waals surface area contributed by atoms with E-state index in [-0.39, 0.29) is 0 Å². The third-order valence-corrected chi connectivity index (χ3v) is 6.12. The fourth-order valence-electron chi connectivity index (χ4n) is 1.92. The van der Waals surface area contributed by atoms with Crippen molar-refractivity contribution in [2.45, 2.75) is 26.0 Å². The van der Waals surface area contributed by atoms with Crippen molar-refractivity contribution in [3.8, 4) is 17.0 Å². The molecule has 0 aliphatic rings. The molecule has 0 saturated carbocycles. The number of carbonyl (C=O) groups is 1. The highest BCUT2D eigenvalue weighted by molar-refractivity contribution is 7.92. The van der Waals surface area contributed by atoms with Crippen molar-refractivity contribution >= 4 is 32.2 Å². The van der Waals surface area contributed by atoms with E-state index in [1.165, 1.54) is 11.3 Å². The van der Waals surface area contributed by atoms with Crippen LogP contribution in [0.2, 0.25) is 0 Å². The number of rotatable bonds is 7. The fraction of sp³-hybridized carbons (Fsp3) is 0.375. The van der Waals surface area contributed by atoms with Crippen molar-refractivity contribution in [3.63, 3.8) is 0 Å². The molecule has 0 fully saturated rings. The Hall–Kier alpha value is -1.93. The molecular weight excluding hydrogens is 348 g/mol. The summed E-state index contributed by atoms with van der Waals surface area (Å²) in [5.41, 5.74) is 1.50. The molecule has 0 spiro atoms. The van der Waals surface area contributed by atoms with Gasteiger partial charge in [-0.15, -0.1) is 11.3 Å². The van der Waals surface area contributed by atoms with Crippen LogP contribution in [-0.4, -0.2) is 36.9 Å². The highest BCUT2D eigenvalue weighted by Crippen LogP contribution is 2.32. The molecule has 2 aromatic rings. The highest BCUT2D eigenvalue weighted by Gasteiger charge is 2.21. The summed E-state index contributed by atoms with van der Waals surface area (Å²) in [5, 5.41) is 4.11. The fourth-order valence-corrected chi connectivity index (χ4v) is 3.42. The summed E-state index contributed by atoms with van der Waals surface area (Å²) in [7, 11) is -3.43. The number of carbonyl (C=O) groups excluding carboxylic acids is 1. The number of para-hydroxylation sites is 1. The number of thiazole rings is 1. The Kier molecular flexibility index (Phi) is 5.95. The van der Waals surface area contributed by atoms with E-state index in [4.69, 9.17) is 4.74 Å². The predicted molar refractivity (Wildman–Crippen MR) is 96.3 cm³/mol. The summed E-state index contributed by atoms with van der Waals surface area (Å²) in [5.74, 6) is -0.414. The van der Waals surface area contributed by atoms with Gasteiger partial charge in [-0.05, 0) is 32.9 Å². The van der Waals surface area contributed by atoms with Crippen LogP contribution in [0.15, 0.2) is 29.6 Å². The standard InChI is InChI=1S/C16H20N2O4S2/c1-4-22-14-8-6-5-7-12(14)13-9-23-16(17-13)18-15(19)10-24(20,21)11(2)3/h5-9,11H,4,10H2,1-3H3,(H,17,18,19). The SMILES string of the molecule is CCOc1ccccc1-c1csc(NC(=O)CS(=O)(=O)C(C)C)n1. The average molecular weight is 368 g/mol. The molecule has 130 valence electrons. The number of ether oxygens (including phenoxy) is 1. The summed E-state index contributed by atoms with van der Waals surface area (Å²) in [4.78, 5) is 16.2. The molecule has 1 amide bonds. The number of amides is 1. The van der Waals surface area contributed by atoms with Crippen molar-refractivity contribution in [1.29, 1.82) is 0 Å². The maximum absolute atomic E-state index is 11.9. The van der Waals surface area contributed by atoms with Gasteiger partial charge in [0.25, 0.3) is 0 Å². The molecule has 0 aliphatic carbocycles. The van der Waals surface area contributed by atoms with E-state index < -0.39 is 26.7 Å². The molecule has 0 bridgehead atoms. The Morgan fingerprint density at radius 2 is 2.04 bits per heavy atom. The number of nitrogens with zero attached hydrogens (tertiary/aromatic N) is 1. The smallest absolute Gasteiger partial charge is 0.241 e. The van der Waals surface area contributed by atoms with Gasteiger partial charge in [-0.2, -0.15) is 0 Å². The van der Waals surface area contributed by atoms with E-state index >= 15 is 0 Å². The van der Waals surface area contributed by atoms with E-state index in [1.807, 2.05) is 31.2 Å². The lowest BCUT2D eigenvalue weighted by molar-refractivity contribution is -0.113. The number of benzene rings is 1. The van der Waals surface area contributed by atoms with Crippen LogP contribution in [0, 0.1) is 0 Å². The zero-order valence-electron chi connectivity index (χ0n) is 13.8. The van der Waals surface area contributed by atoms with E-state index in [1.54, 1.807) is 19.2 Å². The van der Waals surface area contributed by atoms with Crippen molar-refractivity contribution in [1.82, 2.24) is 4.98 Å². The molecule has 6 nitrogen and oxygen atoms in total. The van der Waals surface area contributed by atoms with Crippen LogP contribution in [0.1, 0.15) is 20.8 Å². The van der Waals surface area contributed by atoms with Gasteiger partial charge in [0.05, 0.1) is 17.6 Å². The van der Waals surface area contributed by atoms with E-state index in [0.717, 1.165) is 5.56 Å². The third kappa shape index (κ3) is 4.55. The maximum Gasteiger partial charge on any atom is 0.241 e. The molecule has 1 heterocycles. The zero-order valence-corrected chi connectivity index (χ0v) is 15.4. The van der Waals surface area contributed by atoms with Crippen LogP contribution in [-0.2, 0) is 14.6 Å². The number of nitrogens with one attached hydrogen (secondary N) is 1. The molecular formula is C16H20N2O4S2. The molecule has 0 aliphatic heterocycles. The first-order valence-electron chi connectivity index (χ1n) is 7.52. The second kappa shape index (κ2) is 7.76. The van der Waals surface area contributed by atoms with Crippen LogP contribution < -0.4 is 10.1 Å². The summed E-state index contributed by atoms with van der Waals surface area (Å²) >= 11 is 1.24. The lowest BCUT2D eigenvalue weighted by Gasteiger charge is -2.08. The van der Waals surface area contributed by atoms with Gasteiger partial charge in [-0.3, -0.25) is 4.79 Å². The molecule has 1 aromatic carbocycles. The Labute approximate surface area is 145 Å². The molecule has 24 heavy (non-hydrogen) atoms. The monoisotopic (exact) mass is 368 g/mol. The summed E-state index contributed by atoms with van der Waals surface area (Å²) in [6, 6.07) is 7.49. The topological polar surface area (TPSA) is 85.4 Å². The molecule has 0 saturated heterocycles. The Morgan fingerprint density at radius 3 is 2.71 bits per heavy atom. The largest absolute Gasteiger partial charge is 0.493 e. The molecule has 0 radical (unpaired) electrons. The van der Waals surface area contributed by atoms with Crippen molar-refractivity contribution in [2.75, 3.05) is 17.7 Å². The number of hydrogen-bond donors (Lipinski definition) is 1. The normalized spacial score (nSPS) is 11.5. The van der Waals surface area contributed by atoms with Crippen LogP contribution in [0.25, 0.3) is 11.3 Å². The van der Waals surface area contributed by atoms with E-state index in [2.05, 4.69) is 10.3 Å². The Balaban J connectivity index is 2.13. The van der Waals surface area contributed by atoms with Gasteiger partial charge < -0.3 is 10.1 Å². The minimum atomic E-state index is -3.43. The molecule has 8 heteroatoms. The highest BCUT2D eigenvalue weighted by atomic mass is 32.2. The van der Waals surface area contributed by atoms with Crippen molar-refractivity contribution in [3.05, 3.63) is 29.6 Å². The minimum Gasteiger partial charge on any atom is -0.493 e. The van der Waals surface area contributed by atoms with Crippen LogP contribution in [0.4, 0.5) is 5.13 Å². The summed E-state index contributed by atoms with van der Waals surface area (Å²) < 4.78 is 29.1. The predicted octanol–water partition coefficient (Wildman–Crippen LogP) is 2.97.